The van der Waals surface area contributed by atoms with E-state index in [4.69, 9.17) is 5.73 Å². The first-order valence-electron chi connectivity index (χ1n) is 4.35. The molecule has 1 atom stereocenters. The van der Waals surface area contributed by atoms with Crippen molar-refractivity contribution in [2.75, 3.05) is 6.54 Å². The number of benzene rings is 1. The molecule has 1 aromatic rings. The molecule has 0 aliphatic carbocycles. The first-order valence-corrected chi connectivity index (χ1v) is 4.35. The highest BCUT2D eigenvalue weighted by Crippen LogP contribution is 2.42. The summed E-state index contributed by atoms with van der Waals surface area (Å²) in [4.78, 5) is 0. The van der Waals surface area contributed by atoms with E-state index < -0.39 is 24.0 Å². The number of rotatable bonds is 2. The molecule has 0 radical (unpaired) electrons. The summed E-state index contributed by atoms with van der Waals surface area (Å²) < 4.78 is 51.3. The van der Waals surface area contributed by atoms with Crippen molar-refractivity contribution in [3.8, 4) is 0 Å². The fourth-order valence-corrected chi connectivity index (χ4v) is 1.40. The molecule has 0 fully saturated rings. The molecule has 2 N–H and O–H groups in total. The van der Waals surface area contributed by atoms with Gasteiger partial charge in [0.25, 0.3) is 0 Å². The fourth-order valence-electron chi connectivity index (χ4n) is 1.40. The molecule has 0 saturated carbocycles. The smallest absolute Gasteiger partial charge is 0.327 e. The van der Waals surface area contributed by atoms with Gasteiger partial charge in [-0.15, -0.1) is 0 Å². The molecule has 0 saturated heterocycles. The summed E-state index contributed by atoms with van der Waals surface area (Å²) >= 11 is 0. The van der Waals surface area contributed by atoms with Gasteiger partial charge in [0.05, 0.1) is 0 Å². The van der Waals surface area contributed by atoms with Crippen molar-refractivity contribution < 1.29 is 17.6 Å². The van der Waals surface area contributed by atoms with Crippen molar-refractivity contribution >= 4 is 0 Å². The molecule has 1 aromatic carbocycles. The van der Waals surface area contributed by atoms with Crippen molar-refractivity contribution in [2.45, 2.75) is 18.8 Å². The van der Waals surface area contributed by atoms with E-state index in [2.05, 4.69) is 0 Å². The quantitative estimate of drug-likeness (QED) is 0.763. The molecular weight excluding hydrogens is 210 g/mol. The predicted octanol–water partition coefficient (Wildman–Crippen LogP) is 2.68. The van der Waals surface area contributed by atoms with Crippen LogP contribution in [0.1, 0.15) is 11.1 Å². The molecule has 0 aromatic heterocycles. The van der Waals surface area contributed by atoms with Gasteiger partial charge in [-0.1, -0.05) is 24.3 Å². The van der Waals surface area contributed by atoms with Gasteiger partial charge < -0.3 is 5.73 Å². The van der Waals surface area contributed by atoms with E-state index in [1.165, 1.54) is 19.1 Å². The molecule has 1 nitrogen and oxygen atoms in total. The van der Waals surface area contributed by atoms with Crippen LogP contribution in [0.5, 0.6) is 0 Å². The first-order chi connectivity index (χ1) is 6.83. The summed E-state index contributed by atoms with van der Waals surface area (Å²) in [7, 11) is 0. The van der Waals surface area contributed by atoms with E-state index in [1.54, 1.807) is 6.07 Å². The molecule has 0 aliphatic heterocycles. The van der Waals surface area contributed by atoms with Crippen molar-refractivity contribution in [1.82, 2.24) is 0 Å². The number of aryl methyl sites for hydroxylation is 1. The molecule has 5 heteroatoms. The molecule has 1 rings (SSSR count). The third-order valence-corrected chi connectivity index (χ3v) is 2.30. The second kappa shape index (κ2) is 3.81. The molecule has 0 amide bonds. The second-order valence-electron chi connectivity index (χ2n) is 3.32. The van der Waals surface area contributed by atoms with Gasteiger partial charge in [-0.3, -0.25) is 0 Å². The first kappa shape index (κ1) is 12.0. The van der Waals surface area contributed by atoms with Gasteiger partial charge in [-0.25, -0.2) is 4.39 Å². The maximum Gasteiger partial charge on any atom is 0.428 e. The standard InChI is InChI=1S/C10H11F4N/c1-7-4-2-3-5-8(7)9(11,6-15)10(12,13)14/h2-5H,6,15H2,1H3. The summed E-state index contributed by atoms with van der Waals surface area (Å²) in [6.07, 6.45) is -4.99. The van der Waals surface area contributed by atoms with Crippen LogP contribution in [-0.4, -0.2) is 12.7 Å². The van der Waals surface area contributed by atoms with Crippen molar-refractivity contribution in [3.05, 3.63) is 35.4 Å². The zero-order valence-electron chi connectivity index (χ0n) is 8.11. The second-order valence-corrected chi connectivity index (χ2v) is 3.32. The molecule has 0 heterocycles. The highest BCUT2D eigenvalue weighted by atomic mass is 19.4. The number of nitrogens with two attached hydrogens (primary N) is 1. The van der Waals surface area contributed by atoms with Gasteiger partial charge >= 0.3 is 6.18 Å². The van der Waals surface area contributed by atoms with E-state index in [-0.39, 0.29) is 5.56 Å². The monoisotopic (exact) mass is 221 g/mol. The summed E-state index contributed by atoms with van der Waals surface area (Å²) in [6.45, 7) is 0.312. The van der Waals surface area contributed by atoms with Crippen LogP contribution >= 0.6 is 0 Å². The molecule has 0 aliphatic rings. The Morgan fingerprint density at radius 3 is 2.07 bits per heavy atom. The van der Waals surface area contributed by atoms with Crippen LogP contribution in [0.25, 0.3) is 0 Å². The van der Waals surface area contributed by atoms with Crippen LogP contribution in [0, 0.1) is 6.92 Å². The Morgan fingerprint density at radius 1 is 1.13 bits per heavy atom. The maximum absolute atomic E-state index is 13.8. The molecular formula is C10H11F4N. The van der Waals surface area contributed by atoms with Gasteiger partial charge in [0.2, 0.25) is 5.67 Å². The number of halogens is 4. The van der Waals surface area contributed by atoms with Gasteiger partial charge in [0, 0.05) is 12.1 Å². The Balaban J connectivity index is 3.30. The van der Waals surface area contributed by atoms with Gasteiger partial charge in [-0.05, 0) is 12.5 Å². The lowest BCUT2D eigenvalue weighted by molar-refractivity contribution is -0.231. The molecule has 15 heavy (non-hydrogen) atoms. The Labute approximate surface area is 84.9 Å². The third kappa shape index (κ3) is 1.97. The van der Waals surface area contributed by atoms with E-state index in [0.29, 0.717) is 0 Å². The summed E-state index contributed by atoms with van der Waals surface area (Å²) in [5.74, 6) is 0. The normalized spacial score (nSPS) is 16.1. The van der Waals surface area contributed by atoms with E-state index in [9.17, 15) is 17.6 Å². The van der Waals surface area contributed by atoms with Crippen LogP contribution in [0.3, 0.4) is 0 Å². The minimum atomic E-state index is -4.99. The minimum Gasteiger partial charge on any atom is -0.327 e. The predicted molar refractivity (Wildman–Crippen MR) is 49.1 cm³/mol. The summed E-state index contributed by atoms with van der Waals surface area (Å²) in [6, 6.07) is 5.44. The van der Waals surface area contributed by atoms with Crippen molar-refractivity contribution in [3.63, 3.8) is 0 Å². The van der Waals surface area contributed by atoms with E-state index in [1.807, 2.05) is 0 Å². The van der Waals surface area contributed by atoms with Gasteiger partial charge in [0.1, 0.15) is 0 Å². The highest BCUT2D eigenvalue weighted by Gasteiger charge is 2.56. The van der Waals surface area contributed by atoms with E-state index in [0.717, 1.165) is 6.07 Å². The zero-order valence-corrected chi connectivity index (χ0v) is 8.11. The Morgan fingerprint density at radius 2 is 1.67 bits per heavy atom. The SMILES string of the molecule is Cc1ccccc1C(F)(CN)C(F)(F)F. The fraction of sp³-hybridized carbons (Fsp3) is 0.400. The minimum absolute atomic E-state index is 0.239. The third-order valence-electron chi connectivity index (χ3n) is 2.30. The Kier molecular flexibility index (Phi) is 3.04. The van der Waals surface area contributed by atoms with Crippen LogP contribution in [0.4, 0.5) is 17.6 Å². The lowest BCUT2D eigenvalue weighted by atomic mass is 9.91. The zero-order chi connectivity index (χ0) is 11.7. The van der Waals surface area contributed by atoms with Crippen LogP contribution in [-0.2, 0) is 5.67 Å². The lowest BCUT2D eigenvalue weighted by Crippen LogP contribution is -2.45. The Hall–Kier alpha value is -1.10. The molecule has 0 spiro atoms. The van der Waals surface area contributed by atoms with Crippen LogP contribution in [0.15, 0.2) is 24.3 Å². The molecule has 0 bridgehead atoms. The van der Waals surface area contributed by atoms with Crippen molar-refractivity contribution in [1.29, 1.82) is 0 Å². The number of alkyl halides is 4. The van der Waals surface area contributed by atoms with Crippen LogP contribution in [0.2, 0.25) is 0 Å². The average molecular weight is 221 g/mol. The maximum atomic E-state index is 13.8. The topological polar surface area (TPSA) is 26.0 Å². The van der Waals surface area contributed by atoms with E-state index >= 15 is 0 Å². The number of hydrogen-bond donors (Lipinski definition) is 1. The van der Waals surface area contributed by atoms with Gasteiger partial charge in [0.15, 0.2) is 0 Å². The summed E-state index contributed by atoms with van der Waals surface area (Å²) in [5.41, 5.74) is 1.26. The average Bonchev–Trinajstić information content (AvgIpc) is 2.15. The lowest BCUT2D eigenvalue weighted by Gasteiger charge is -2.28. The Bertz CT molecular complexity index is 348. The van der Waals surface area contributed by atoms with Crippen molar-refractivity contribution in [2.24, 2.45) is 5.73 Å². The van der Waals surface area contributed by atoms with Gasteiger partial charge in [-0.2, -0.15) is 13.2 Å². The van der Waals surface area contributed by atoms with Crippen LogP contribution < -0.4 is 5.73 Å². The molecule has 84 valence electrons. The summed E-state index contributed by atoms with van der Waals surface area (Å²) in [5, 5.41) is 0. The number of hydrogen-bond acceptors (Lipinski definition) is 1. The highest BCUT2D eigenvalue weighted by molar-refractivity contribution is 5.33. The largest absolute Gasteiger partial charge is 0.428 e. The molecule has 1 unspecified atom stereocenters.